The lowest BCUT2D eigenvalue weighted by atomic mass is 10.0. The second kappa shape index (κ2) is 10.8. The lowest BCUT2D eigenvalue weighted by molar-refractivity contribution is 0.0491. The van der Waals surface area contributed by atoms with Crippen LogP contribution in [0.2, 0.25) is 0 Å². The van der Waals surface area contributed by atoms with Gasteiger partial charge in [0.2, 0.25) is 5.13 Å². The fraction of sp³-hybridized carbons (Fsp3) is 0.800. The molecule has 1 amide bonds. The van der Waals surface area contributed by atoms with Crippen LogP contribution in [-0.4, -0.2) is 77.7 Å². The number of aliphatic imine (C=N–C) groups is 1. The third-order valence-electron chi connectivity index (χ3n) is 4.82. The van der Waals surface area contributed by atoms with Gasteiger partial charge >= 0.3 is 6.09 Å². The standard InChI is InChI=1S/C20H37N7O2S/c1-8-16-24-18(30-25-16)27-11-9-26(10-12-27)17(21-7)22-13-15(14(2)3)23-19(28)29-20(4,5)6/h14-15H,8-13H2,1-7H3,(H,21,22)(H,23,28). The Bertz CT molecular complexity index is 706. The zero-order valence-corrected chi connectivity index (χ0v) is 20.2. The third kappa shape index (κ3) is 7.30. The highest BCUT2D eigenvalue weighted by molar-refractivity contribution is 7.09. The maximum atomic E-state index is 12.2. The first-order valence-electron chi connectivity index (χ1n) is 10.7. The van der Waals surface area contributed by atoms with Gasteiger partial charge in [0.15, 0.2) is 5.96 Å². The molecule has 0 spiro atoms. The Morgan fingerprint density at radius 1 is 1.27 bits per heavy atom. The predicted molar refractivity (Wildman–Crippen MR) is 122 cm³/mol. The summed E-state index contributed by atoms with van der Waals surface area (Å²) in [7, 11) is 1.79. The van der Waals surface area contributed by atoms with E-state index in [1.54, 1.807) is 7.05 Å². The van der Waals surface area contributed by atoms with Crippen molar-refractivity contribution in [3.8, 4) is 0 Å². The summed E-state index contributed by atoms with van der Waals surface area (Å²) in [4.78, 5) is 25.7. The number of nitrogens with one attached hydrogen (secondary N) is 2. The van der Waals surface area contributed by atoms with E-state index in [0.717, 1.165) is 49.5 Å². The molecule has 0 radical (unpaired) electrons. The van der Waals surface area contributed by atoms with Crippen LogP contribution in [0, 0.1) is 5.92 Å². The van der Waals surface area contributed by atoms with Crippen LogP contribution in [0.1, 0.15) is 47.4 Å². The van der Waals surface area contributed by atoms with Crippen molar-refractivity contribution in [3.63, 3.8) is 0 Å². The van der Waals surface area contributed by atoms with Gasteiger partial charge in [0.05, 0.1) is 6.04 Å². The maximum Gasteiger partial charge on any atom is 0.407 e. The zero-order valence-electron chi connectivity index (χ0n) is 19.4. The van der Waals surface area contributed by atoms with Crippen LogP contribution in [-0.2, 0) is 11.2 Å². The van der Waals surface area contributed by atoms with Crippen molar-refractivity contribution in [2.45, 2.75) is 59.6 Å². The Morgan fingerprint density at radius 2 is 1.93 bits per heavy atom. The number of anilines is 1. The second-order valence-corrected chi connectivity index (χ2v) is 9.48. The molecule has 30 heavy (non-hydrogen) atoms. The number of guanidine groups is 1. The van der Waals surface area contributed by atoms with E-state index in [-0.39, 0.29) is 12.0 Å². The molecule has 1 aliphatic heterocycles. The van der Waals surface area contributed by atoms with Gasteiger partial charge in [0, 0.05) is 57.7 Å². The van der Waals surface area contributed by atoms with Gasteiger partial charge in [-0.15, -0.1) is 0 Å². The molecule has 2 heterocycles. The lowest BCUT2D eigenvalue weighted by Gasteiger charge is -2.36. The van der Waals surface area contributed by atoms with Crippen LogP contribution in [0.25, 0.3) is 0 Å². The van der Waals surface area contributed by atoms with Crippen LogP contribution in [0.15, 0.2) is 4.99 Å². The van der Waals surface area contributed by atoms with Crippen molar-refractivity contribution in [1.82, 2.24) is 24.9 Å². The molecule has 9 nitrogen and oxygen atoms in total. The number of hydrogen-bond donors (Lipinski definition) is 2. The topological polar surface area (TPSA) is 95.0 Å². The molecule has 10 heteroatoms. The predicted octanol–water partition coefficient (Wildman–Crippen LogP) is 2.35. The largest absolute Gasteiger partial charge is 0.444 e. The first-order valence-corrected chi connectivity index (χ1v) is 11.4. The summed E-state index contributed by atoms with van der Waals surface area (Å²) in [5, 5.41) is 7.39. The summed E-state index contributed by atoms with van der Waals surface area (Å²) in [5.74, 6) is 2.01. The molecule has 1 aromatic heterocycles. The average Bonchev–Trinajstić information content (AvgIpc) is 3.15. The molecule has 2 rings (SSSR count). The Kier molecular flexibility index (Phi) is 8.69. The number of carbonyl (C=O) groups is 1. The van der Waals surface area contributed by atoms with Gasteiger partial charge in [-0.3, -0.25) is 4.99 Å². The lowest BCUT2D eigenvalue weighted by Crippen LogP contribution is -2.55. The van der Waals surface area contributed by atoms with Gasteiger partial charge in [-0.25, -0.2) is 9.78 Å². The molecule has 1 aromatic rings. The van der Waals surface area contributed by atoms with E-state index >= 15 is 0 Å². The highest BCUT2D eigenvalue weighted by atomic mass is 32.1. The quantitative estimate of drug-likeness (QED) is 0.519. The maximum absolute atomic E-state index is 12.2. The summed E-state index contributed by atoms with van der Waals surface area (Å²) >= 11 is 1.47. The zero-order chi connectivity index (χ0) is 22.3. The van der Waals surface area contributed by atoms with Crippen molar-refractivity contribution in [1.29, 1.82) is 0 Å². The number of nitrogens with zero attached hydrogens (tertiary/aromatic N) is 5. The highest BCUT2D eigenvalue weighted by Crippen LogP contribution is 2.19. The normalized spacial score (nSPS) is 16.6. The number of aromatic nitrogens is 2. The Labute approximate surface area is 184 Å². The molecule has 1 unspecified atom stereocenters. The van der Waals surface area contributed by atoms with Gasteiger partial charge in [0.25, 0.3) is 0 Å². The van der Waals surface area contributed by atoms with E-state index < -0.39 is 11.7 Å². The van der Waals surface area contributed by atoms with Crippen LogP contribution in [0.3, 0.4) is 0 Å². The summed E-state index contributed by atoms with van der Waals surface area (Å²) in [6.45, 7) is 15.9. The van der Waals surface area contributed by atoms with E-state index in [9.17, 15) is 4.79 Å². The molecule has 0 aliphatic carbocycles. The summed E-state index contributed by atoms with van der Waals surface area (Å²) in [5.41, 5.74) is -0.514. The second-order valence-electron chi connectivity index (χ2n) is 8.75. The van der Waals surface area contributed by atoms with Gasteiger partial charge in [-0.1, -0.05) is 20.8 Å². The SMILES string of the molecule is CCc1nsc(N2CCN(C(=NC)NCC(NC(=O)OC(C)(C)C)C(C)C)CC2)n1. The molecule has 1 fully saturated rings. The fourth-order valence-electron chi connectivity index (χ4n) is 3.07. The van der Waals surface area contributed by atoms with Crippen molar-refractivity contribution in [3.05, 3.63) is 5.82 Å². The smallest absolute Gasteiger partial charge is 0.407 e. The number of rotatable bonds is 6. The average molecular weight is 440 g/mol. The van der Waals surface area contributed by atoms with Crippen LogP contribution in [0.4, 0.5) is 9.93 Å². The molecule has 1 atom stereocenters. The molecule has 2 N–H and O–H groups in total. The number of hydrogen-bond acceptors (Lipinski definition) is 7. The molecule has 170 valence electrons. The summed E-state index contributed by atoms with van der Waals surface area (Å²) in [6.07, 6.45) is 0.469. The third-order valence-corrected chi connectivity index (χ3v) is 5.64. The number of amides is 1. The summed E-state index contributed by atoms with van der Waals surface area (Å²) < 4.78 is 9.78. The van der Waals surface area contributed by atoms with Gasteiger partial charge in [-0.2, -0.15) is 4.37 Å². The van der Waals surface area contributed by atoms with E-state index in [0.29, 0.717) is 6.54 Å². The number of aryl methyl sites for hydroxylation is 1. The molecular weight excluding hydrogens is 402 g/mol. The van der Waals surface area contributed by atoms with Crippen molar-refractivity contribution in [2.75, 3.05) is 44.7 Å². The number of piperazine rings is 1. The van der Waals surface area contributed by atoms with Crippen molar-refractivity contribution < 1.29 is 9.53 Å². The van der Waals surface area contributed by atoms with E-state index in [2.05, 4.69) is 55.6 Å². The minimum Gasteiger partial charge on any atom is -0.444 e. The number of carbonyl (C=O) groups excluding carboxylic acids is 1. The molecule has 1 saturated heterocycles. The van der Waals surface area contributed by atoms with Crippen LogP contribution in [0.5, 0.6) is 0 Å². The van der Waals surface area contributed by atoms with E-state index in [4.69, 9.17) is 4.74 Å². The molecule has 1 aliphatic rings. The summed E-state index contributed by atoms with van der Waals surface area (Å²) in [6, 6.07) is -0.0632. The molecule has 0 saturated carbocycles. The van der Waals surface area contributed by atoms with Crippen LogP contribution < -0.4 is 15.5 Å². The van der Waals surface area contributed by atoms with Crippen molar-refractivity contribution >= 4 is 28.7 Å². The van der Waals surface area contributed by atoms with Crippen molar-refractivity contribution in [2.24, 2.45) is 10.9 Å². The first kappa shape index (κ1) is 24.2. The molecular formula is C20H37N7O2S. The Balaban J connectivity index is 1.86. The van der Waals surface area contributed by atoms with E-state index in [1.807, 2.05) is 20.8 Å². The van der Waals surface area contributed by atoms with Gasteiger partial charge in [0.1, 0.15) is 11.4 Å². The molecule has 0 aromatic carbocycles. The van der Waals surface area contributed by atoms with E-state index in [1.165, 1.54) is 11.5 Å². The Hall–Kier alpha value is -2.10. The molecule has 0 bridgehead atoms. The number of ether oxygens (including phenoxy) is 1. The monoisotopic (exact) mass is 439 g/mol. The number of alkyl carbamates (subject to hydrolysis) is 1. The first-order chi connectivity index (χ1) is 14.1. The van der Waals surface area contributed by atoms with Gasteiger partial charge < -0.3 is 25.2 Å². The van der Waals surface area contributed by atoms with Gasteiger partial charge in [-0.05, 0) is 26.7 Å². The fourth-order valence-corrected chi connectivity index (χ4v) is 3.87. The minimum absolute atomic E-state index is 0.0632. The van der Waals surface area contributed by atoms with Crippen LogP contribution >= 0.6 is 11.5 Å². The highest BCUT2D eigenvalue weighted by Gasteiger charge is 2.24. The Morgan fingerprint density at radius 3 is 2.43 bits per heavy atom. The minimum atomic E-state index is -0.514.